The summed E-state index contributed by atoms with van der Waals surface area (Å²) >= 11 is 5.82. The maximum Gasteiger partial charge on any atom is 0.273 e. The zero-order chi connectivity index (χ0) is 17.1. The summed E-state index contributed by atoms with van der Waals surface area (Å²) in [5.41, 5.74) is 1.24. The lowest BCUT2D eigenvalue weighted by Crippen LogP contribution is -2.23. The van der Waals surface area contributed by atoms with E-state index in [1.807, 2.05) is 0 Å². The number of nitrogens with zero attached hydrogens (tertiary/aromatic N) is 3. The van der Waals surface area contributed by atoms with Gasteiger partial charge in [-0.1, -0.05) is 22.9 Å². The van der Waals surface area contributed by atoms with E-state index >= 15 is 0 Å². The molecule has 0 aliphatic rings. The molecule has 0 saturated heterocycles. The average molecular weight is 349 g/mol. The fourth-order valence-corrected chi connectivity index (χ4v) is 2.14. The summed E-state index contributed by atoms with van der Waals surface area (Å²) in [6, 6.07) is 10.3. The Morgan fingerprint density at radius 2 is 1.88 bits per heavy atom. The summed E-state index contributed by atoms with van der Waals surface area (Å²) < 4.78 is 27.4. The highest BCUT2D eigenvalue weighted by Crippen LogP contribution is 2.13. The Balaban J connectivity index is 1.67. The second-order valence-corrected chi connectivity index (χ2v) is 5.39. The van der Waals surface area contributed by atoms with Crippen LogP contribution in [0.1, 0.15) is 16.1 Å². The summed E-state index contributed by atoms with van der Waals surface area (Å²) in [7, 11) is 0. The van der Waals surface area contributed by atoms with Gasteiger partial charge >= 0.3 is 0 Å². The predicted octanol–water partition coefficient (Wildman–Crippen LogP) is 3.13. The van der Waals surface area contributed by atoms with Gasteiger partial charge in [0.05, 0.1) is 11.9 Å². The highest BCUT2D eigenvalue weighted by molar-refractivity contribution is 6.30. The first-order chi connectivity index (χ1) is 11.5. The maximum atomic E-state index is 13.1. The molecule has 0 aliphatic heterocycles. The molecular weight excluding hydrogens is 338 g/mol. The monoisotopic (exact) mass is 348 g/mol. The van der Waals surface area contributed by atoms with E-state index in [-0.39, 0.29) is 12.2 Å². The summed E-state index contributed by atoms with van der Waals surface area (Å²) in [6.45, 7) is 0.0455. The van der Waals surface area contributed by atoms with Crippen molar-refractivity contribution in [1.29, 1.82) is 0 Å². The van der Waals surface area contributed by atoms with E-state index in [9.17, 15) is 13.6 Å². The molecule has 0 bridgehead atoms. The first-order valence-corrected chi connectivity index (χ1v) is 7.31. The van der Waals surface area contributed by atoms with Crippen molar-refractivity contribution in [3.05, 3.63) is 76.6 Å². The molecule has 0 saturated carbocycles. The lowest BCUT2D eigenvalue weighted by molar-refractivity contribution is 0.0946. The highest BCUT2D eigenvalue weighted by Gasteiger charge is 2.12. The van der Waals surface area contributed by atoms with Crippen LogP contribution < -0.4 is 5.32 Å². The topological polar surface area (TPSA) is 59.8 Å². The molecule has 0 unspecified atom stereocenters. The van der Waals surface area contributed by atoms with Crippen molar-refractivity contribution in [2.75, 3.05) is 0 Å². The Morgan fingerprint density at radius 3 is 2.58 bits per heavy atom. The minimum absolute atomic E-state index is 0.0455. The number of carbonyl (C=O) groups is 1. The van der Waals surface area contributed by atoms with Crippen LogP contribution in [-0.4, -0.2) is 20.9 Å². The van der Waals surface area contributed by atoms with Crippen molar-refractivity contribution in [3.63, 3.8) is 0 Å². The highest BCUT2D eigenvalue weighted by atomic mass is 35.5. The van der Waals surface area contributed by atoms with Crippen LogP contribution in [0.2, 0.25) is 5.02 Å². The standard InChI is InChI=1S/C16H11ClF2N4O/c17-11-2-4-12(5-3-11)23-9-15(21-22-23)16(24)20-8-10-1-6-13(18)14(19)7-10/h1-7,9H,8H2,(H,20,24). The minimum Gasteiger partial charge on any atom is -0.347 e. The second kappa shape index (κ2) is 6.76. The number of carbonyl (C=O) groups excluding carboxylic acids is 1. The molecule has 0 radical (unpaired) electrons. The Hall–Kier alpha value is -2.80. The Kier molecular flexibility index (Phi) is 4.52. The van der Waals surface area contributed by atoms with Crippen LogP contribution >= 0.6 is 11.6 Å². The molecule has 1 amide bonds. The second-order valence-electron chi connectivity index (χ2n) is 4.96. The van der Waals surface area contributed by atoms with Crippen LogP contribution in [0.25, 0.3) is 5.69 Å². The number of amides is 1. The molecule has 5 nitrogen and oxygen atoms in total. The van der Waals surface area contributed by atoms with Gasteiger partial charge in [0, 0.05) is 11.6 Å². The van der Waals surface area contributed by atoms with E-state index in [0.717, 1.165) is 12.1 Å². The Bertz CT molecular complexity index is 880. The van der Waals surface area contributed by atoms with Gasteiger partial charge in [-0.15, -0.1) is 5.10 Å². The van der Waals surface area contributed by atoms with Gasteiger partial charge in [-0.25, -0.2) is 13.5 Å². The van der Waals surface area contributed by atoms with Crippen molar-refractivity contribution in [3.8, 4) is 5.69 Å². The fraction of sp³-hybridized carbons (Fsp3) is 0.0625. The van der Waals surface area contributed by atoms with E-state index in [2.05, 4.69) is 15.6 Å². The van der Waals surface area contributed by atoms with Crippen molar-refractivity contribution in [2.45, 2.75) is 6.54 Å². The number of nitrogens with one attached hydrogen (secondary N) is 1. The fourth-order valence-electron chi connectivity index (χ4n) is 2.01. The molecule has 24 heavy (non-hydrogen) atoms. The van der Waals surface area contributed by atoms with Gasteiger partial charge in [0.2, 0.25) is 0 Å². The molecule has 8 heteroatoms. The van der Waals surface area contributed by atoms with E-state index in [1.54, 1.807) is 24.3 Å². The number of benzene rings is 2. The maximum absolute atomic E-state index is 13.1. The zero-order valence-electron chi connectivity index (χ0n) is 12.2. The predicted molar refractivity (Wildman–Crippen MR) is 83.9 cm³/mol. The van der Waals surface area contributed by atoms with Gasteiger partial charge in [-0.3, -0.25) is 4.79 Å². The van der Waals surface area contributed by atoms with Crippen LogP contribution in [0.3, 0.4) is 0 Å². The Labute approximate surface area is 140 Å². The number of hydrogen-bond donors (Lipinski definition) is 1. The lowest BCUT2D eigenvalue weighted by Gasteiger charge is -2.03. The Morgan fingerprint density at radius 1 is 1.12 bits per heavy atom. The molecular formula is C16H11ClF2N4O. The first kappa shape index (κ1) is 16.1. The number of halogens is 3. The summed E-state index contributed by atoms with van der Waals surface area (Å²) in [4.78, 5) is 12.1. The third kappa shape index (κ3) is 3.57. The molecule has 0 aliphatic carbocycles. The molecule has 1 aromatic heterocycles. The normalized spacial score (nSPS) is 10.6. The van der Waals surface area contributed by atoms with Gasteiger partial charge in [0.1, 0.15) is 0 Å². The number of rotatable bonds is 4. The molecule has 0 fully saturated rings. The largest absolute Gasteiger partial charge is 0.347 e. The molecule has 0 atom stereocenters. The third-order valence-electron chi connectivity index (χ3n) is 3.25. The van der Waals surface area contributed by atoms with E-state index in [1.165, 1.54) is 16.9 Å². The van der Waals surface area contributed by atoms with Crippen molar-refractivity contribution in [1.82, 2.24) is 20.3 Å². The van der Waals surface area contributed by atoms with Crippen LogP contribution in [0.4, 0.5) is 8.78 Å². The van der Waals surface area contributed by atoms with Crippen LogP contribution in [-0.2, 0) is 6.54 Å². The molecule has 3 rings (SSSR count). The van der Waals surface area contributed by atoms with E-state index in [0.29, 0.717) is 16.3 Å². The molecule has 122 valence electrons. The smallest absolute Gasteiger partial charge is 0.273 e. The quantitative estimate of drug-likeness (QED) is 0.788. The van der Waals surface area contributed by atoms with Gasteiger partial charge in [-0.05, 0) is 42.0 Å². The molecule has 1 N–H and O–H groups in total. The van der Waals surface area contributed by atoms with Crippen molar-refractivity contribution >= 4 is 17.5 Å². The van der Waals surface area contributed by atoms with Crippen LogP contribution in [0.15, 0.2) is 48.7 Å². The van der Waals surface area contributed by atoms with Gasteiger partial charge < -0.3 is 5.32 Å². The van der Waals surface area contributed by atoms with Crippen LogP contribution in [0, 0.1) is 11.6 Å². The first-order valence-electron chi connectivity index (χ1n) is 6.93. The molecule has 3 aromatic rings. The SMILES string of the molecule is O=C(NCc1ccc(F)c(F)c1)c1cn(-c2ccc(Cl)cc2)nn1. The zero-order valence-corrected chi connectivity index (χ0v) is 13.0. The minimum atomic E-state index is -0.963. The van der Waals surface area contributed by atoms with Crippen LogP contribution in [0.5, 0.6) is 0 Å². The number of aromatic nitrogens is 3. The van der Waals surface area contributed by atoms with E-state index in [4.69, 9.17) is 11.6 Å². The van der Waals surface area contributed by atoms with Crippen molar-refractivity contribution < 1.29 is 13.6 Å². The van der Waals surface area contributed by atoms with E-state index < -0.39 is 17.5 Å². The molecule has 0 spiro atoms. The average Bonchev–Trinajstić information content (AvgIpc) is 3.06. The molecule has 2 aromatic carbocycles. The van der Waals surface area contributed by atoms with Gasteiger partial charge in [0.15, 0.2) is 17.3 Å². The molecule has 1 heterocycles. The van der Waals surface area contributed by atoms with Gasteiger partial charge in [0.25, 0.3) is 5.91 Å². The van der Waals surface area contributed by atoms with Crippen molar-refractivity contribution in [2.24, 2.45) is 0 Å². The summed E-state index contributed by atoms with van der Waals surface area (Å²) in [6.07, 6.45) is 1.46. The third-order valence-corrected chi connectivity index (χ3v) is 3.51. The summed E-state index contributed by atoms with van der Waals surface area (Å²) in [5, 5.41) is 10.8. The summed E-state index contributed by atoms with van der Waals surface area (Å²) in [5.74, 6) is -2.37. The van der Waals surface area contributed by atoms with Gasteiger partial charge in [-0.2, -0.15) is 0 Å². The lowest BCUT2D eigenvalue weighted by atomic mass is 10.2. The number of hydrogen-bond acceptors (Lipinski definition) is 3.